The van der Waals surface area contributed by atoms with E-state index in [4.69, 9.17) is 0 Å². The first kappa shape index (κ1) is 15.1. The van der Waals surface area contributed by atoms with Crippen LogP contribution in [0.1, 0.15) is 22.2 Å². The van der Waals surface area contributed by atoms with Gasteiger partial charge in [-0.3, -0.25) is 9.48 Å². The second-order valence-corrected chi connectivity index (χ2v) is 7.65. The van der Waals surface area contributed by atoms with Crippen molar-refractivity contribution < 1.29 is 13.2 Å². The molecular weight excluding hydrogens is 326 g/mol. The van der Waals surface area contributed by atoms with Gasteiger partial charge in [-0.25, -0.2) is 18.1 Å². The van der Waals surface area contributed by atoms with Crippen molar-refractivity contribution >= 4 is 27.3 Å². The second-order valence-electron chi connectivity index (χ2n) is 5.10. The average Bonchev–Trinajstić information content (AvgIpc) is 3.13. The number of sulfonamides is 1. The van der Waals surface area contributed by atoms with E-state index in [-0.39, 0.29) is 18.5 Å². The fourth-order valence-corrected chi connectivity index (χ4v) is 3.44. The predicted octanol–water partition coefficient (Wildman–Crippen LogP) is 0.0859. The minimum atomic E-state index is -3.30. The maximum atomic E-state index is 12.4. The summed E-state index contributed by atoms with van der Waals surface area (Å²) in [6.07, 6.45) is 2.76. The first-order chi connectivity index (χ1) is 10.4. The van der Waals surface area contributed by atoms with Crippen molar-refractivity contribution in [1.82, 2.24) is 24.4 Å². The van der Waals surface area contributed by atoms with Crippen molar-refractivity contribution in [1.29, 1.82) is 0 Å². The van der Waals surface area contributed by atoms with Gasteiger partial charge in [0.1, 0.15) is 5.69 Å². The first-order valence-corrected chi connectivity index (χ1v) is 9.42. The molecule has 3 heterocycles. The molecule has 0 radical (unpaired) electrons. The molecular formula is C12H15N5O3S2. The number of hydrogen-bond donors (Lipinski definition) is 1. The van der Waals surface area contributed by atoms with Crippen LogP contribution in [-0.2, 0) is 16.6 Å². The lowest BCUT2D eigenvalue weighted by molar-refractivity contribution is 0.0666. The van der Waals surface area contributed by atoms with Crippen LogP contribution >= 0.6 is 11.3 Å². The molecule has 0 aromatic carbocycles. The number of nitrogens with one attached hydrogen (secondary N) is 1. The summed E-state index contributed by atoms with van der Waals surface area (Å²) in [6, 6.07) is 1.59. The van der Waals surface area contributed by atoms with Gasteiger partial charge in [-0.2, -0.15) is 5.10 Å². The Balaban J connectivity index is 1.81. The minimum absolute atomic E-state index is 0.155. The maximum absolute atomic E-state index is 12.4. The third-order valence-corrected chi connectivity index (χ3v) is 4.68. The molecule has 22 heavy (non-hydrogen) atoms. The molecule has 0 bridgehead atoms. The summed E-state index contributed by atoms with van der Waals surface area (Å²) in [5.41, 5.74) is 2.90. The molecule has 10 heteroatoms. The molecule has 1 atom stereocenters. The summed E-state index contributed by atoms with van der Waals surface area (Å²) in [5.74, 6) is -0.155. The molecule has 0 spiro atoms. The summed E-state index contributed by atoms with van der Waals surface area (Å²) in [7, 11) is -3.30. The standard InChI is InChI=1S/C12H15N5O3S2/c1-22(19,20)15-4-10-6-16(5-9-2-3-14-17(9)10)12(18)11-7-21-8-13-11/h2-3,7-8,10,15H,4-6H2,1H3/t10-/m0/s1. The zero-order valence-electron chi connectivity index (χ0n) is 11.8. The van der Waals surface area contributed by atoms with Gasteiger partial charge in [0.25, 0.3) is 5.91 Å². The molecule has 3 rings (SSSR count). The molecule has 1 N–H and O–H groups in total. The van der Waals surface area contributed by atoms with Crippen LogP contribution in [0.5, 0.6) is 0 Å². The Morgan fingerprint density at radius 2 is 2.36 bits per heavy atom. The smallest absolute Gasteiger partial charge is 0.273 e. The van der Waals surface area contributed by atoms with E-state index in [2.05, 4.69) is 14.8 Å². The van der Waals surface area contributed by atoms with Gasteiger partial charge in [0, 0.05) is 24.7 Å². The van der Waals surface area contributed by atoms with Crippen LogP contribution in [0.3, 0.4) is 0 Å². The highest BCUT2D eigenvalue weighted by Gasteiger charge is 2.30. The van der Waals surface area contributed by atoms with Crippen LogP contribution < -0.4 is 4.72 Å². The topological polar surface area (TPSA) is 97.2 Å². The fourth-order valence-electron chi connectivity index (χ4n) is 2.42. The highest BCUT2D eigenvalue weighted by atomic mass is 32.2. The summed E-state index contributed by atoms with van der Waals surface area (Å²) in [5, 5.41) is 5.93. The van der Waals surface area contributed by atoms with Gasteiger partial charge in [0.2, 0.25) is 10.0 Å². The van der Waals surface area contributed by atoms with Crippen molar-refractivity contribution in [2.75, 3.05) is 19.3 Å². The Kier molecular flexibility index (Phi) is 3.98. The molecule has 0 saturated carbocycles. The van der Waals surface area contributed by atoms with Gasteiger partial charge in [-0.05, 0) is 6.07 Å². The third-order valence-electron chi connectivity index (χ3n) is 3.40. The Hall–Kier alpha value is -1.78. The van der Waals surface area contributed by atoms with E-state index in [9.17, 15) is 13.2 Å². The largest absolute Gasteiger partial charge is 0.329 e. The number of rotatable bonds is 4. The van der Waals surface area contributed by atoms with Gasteiger partial charge in [-0.1, -0.05) is 0 Å². The van der Waals surface area contributed by atoms with E-state index in [0.717, 1.165) is 11.9 Å². The average molecular weight is 341 g/mol. The second kappa shape index (κ2) is 5.78. The van der Waals surface area contributed by atoms with Gasteiger partial charge in [0.15, 0.2) is 0 Å². The number of hydrogen-bond acceptors (Lipinski definition) is 6. The Morgan fingerprint density at radius 3 is 3.05 bits per heavy atom. The highest BCUT2D eigenvalue weighted by Crippen LogP contribution is 2.21. The molecule has 1 aliphatic heterocycles. The van der Waals surface area contributed by atoms with Crippen LogP contribution in [0.25, 0.3) is 0 Å². The highest BCUT2D eigenvalue weighted by molar-refractivity contribution is 7.88. The molecule has 8 nitrogen and oxygen atoms in total. The number of carbonyl (C=O) groups excluding carboxylic acids is 1. The lowest BCUT2D eigenvalue weighted by Gasteiger charge is -2.33. The summed E-state index contributed by atoms with van der Waals surface area (Å²) in [4.78, 5) is 18.1. The Labute approximate surface area is 131 Å². The van der Waals surface area contributed by atoms with Crippen molar-refractivity contribution in [3.8, 4) is 0 Å². The van der Waals surface area contributed by atoms with Crippen molar-refractivity contribution in [3.05, 3.63) is 34.5 Å². The zero-order chi connectivity index (χ0) is 15.7. The summed E-state index contributed by atoms with van der Waals surface area (Å²) in [6.45, 7) is 1.01. The van der Waals surface area contributed by atoms with E-state index >= 15 is 0 Å². The molecule has 2 aromatic rings. The monoisotopic (exact) mass is 341 g/mol. The van der Waals surface area contributed by atoms with Gasteiger partial charge in [-0.15, -0.1) is 11.3 Å². The van der Waals surface area contributed by atoms with Crippen LogP contribution in [0.15, 0.2) is 23.2 Å². The van der Waals surface area contributed by atoms with Crippen molar-refractivity contribution in [3.63, 3.8) is 0 Å². The molecule has 118 valence electrons. The summed E-state index contributed by atoms with van der Waals surface area (Å²) >= 11 is 1.37. The maximum Gasteiger partial charge on any atom is 0.273 e. The molecule has 0 fully saturated rings. The van der Waals surface area contributed by atoms with Crippen molar-refractivity contribution in [2.45, 2.75) is 12.6 Å². The van der Waals surface area contributed by atoms with E-state index in [0.29, 0.717) is 18.8 Å². The molecule has 2 aromatic heterocycles. The molecule has 0 aliphatic carbocycles. The number of carbonyl (C=O) groups is 1. The van der Waals surface area contributed by atoms with Gasteiger partial charge < -0.3 is 4.90 Å². The molecule has 0 saturated heterocycles. The third kappa shape index (κ3) is 3.18. The van der Waals surface area contributed by atoms with Crippen LogP contribution in [0.2, 0.25) is 0 Å². The van der Waals surface area contributed by atoms with Gasteiger partial charge >= 0.3 is 0 Å². The predicted molar refractivity (Wildman–Crippen MR) is 81.0 cm³/mol. The Morgan fingerprint density at radius 1 is 1.55 bits per heavy atom. The minimum Gasteiger partial charge on any atom is -0.329 e. The van der Waals surface area contributed by atoms with E-state index in [1.807, 2.05) is 6.07 Å². The van der Waals surface area contributed by atoms with Crippen LogP contribution in [0.4, 0.5) is 0 Å². The number of nitrogens with zero attached hydrogens (tertiary/aromatic N) is 4. The first-order valence-electron chi connectivity index (χ1n) is 6.58. The van der Waals surface area contributed by atoms with Crippen LogP contribution in [-0.4, -0.2) is 53.3 Å². The SMILES string of the molecule is CS(=O)(=O)NC[C@H]1CN(C(=O)c2cscn2)Cc2ccnn21. The quantitative estimate of drug-likeness (QED) is 0.850. The van der Waals surface area contributed by atoms with E-state index < -0.39 is 10.0 Å². The lowest BCUT2D eigenvalue weighted by atomic mass is 10.2. The van der Waals surface area contributed by atoms with E-state index in [1.54, 1.807) is 26.7 Å². The number of aromatic nitrogens is 3. The summed E-state index contributed by atoms with van der Waals surface area (Å²) < 4.78 is 26.8. The normalized spacial score (nSPS) is 18.2. The lowest BCUT2D eigenvalue weighted by Crippen LogP contribution is -2.45. The molecule has 1 aliphatic rings. The number of fused-ring (bicyclic) bond motifs is 1. The zero-order valence-corrected chi connectivity index (χ0v) is 13.5. The number of thiazole rings is 1. The Bertz CT molecular complexity index is 769. The molecule has 1 amide bonds. The van der Waals surface area contributed by atoms with Crippen molar-refractivity contribution in [2.24, 2.45) is 0 Å². The number of amides is 1. The fraction of sp³-hybridized carbons (Fsp3) is 0.417. The molecule has 0 unspecified atom stereocenters. The van der Waals surface area contributed by atoms with Gasteiger partial charge in [0.05, 0.1) is 30.0 Å². The van der Waals surface area contributed by atoms with E-state index in [1.165, 1.54) is 11.3 Å². The van der Waals surface area contributed by atoms with Crippen LogP contribution in [0, 0.1) is 0 Å².